The molecule has 0 aromatic carbocycles. The summed E-state index contributed by atoms with van der Waals surface area (Å²) < 4.78 is 6.20. The van der Waals surface area contributed by atoms with Gasteiger partial charge in [0.1, 0.15) is 0 Å². The molecular formula is C9H14InN. The molecule has 0 aromatic heterocycles. The van der Waals surface area contributed by atoms with E-state index in [2.05, 4.69) is 25.1 Å². The Morgan fingerprint density at radius 2 is 1.73 bits per heavy atom. The van der Waals surface area contributed by atoms with Crippen molar-refractivity contribution in [3.8, 4) is 0 Å². The third-order valence-electron chi connectivity index (χ3n) is 2.71. The molecule has 0 aliphatic carbocycles. The molecule has 0 unspecified atom stereocenters. The molecule has 0 spiro atoms. The van der Waals surface area contributed by atoms with Crippen LogP contribution >= 0.6 is 0 Å². The van der Waals surface area contributed by atoms with Gasteiger partial charge in [-0.1, -0.05) is 0 Å². The van der Waals surface area contributed by atoms with Crippen LogP contribution in [0.2, 0.25) is 3.67 Å². The first-order chi connectivity index (χ1) is 5.47. The summed E-state index contributed by atoms with van der Waals surface area (Å²) in [6.07, 6.45) is 7.41. The number of nitrogens with one attached hydrogen (secondary N) is 1. The van der Waals surface area contributed by atoms with Crippen molar-refractivity contribution < 1.29 is 0 Å². The van der Waals surface area contributed by atoms with Gasteiger partial charge in [-0.25, -0.2) is 0 Å². The maximum absolute atomic E-state index is 3.42. The Kier molecular flexibility index (Phi) is 2.75. The molecule has 1 saturated heterocycles. The van der Waals surface area contributed by atoms with Gasteiger partial charge in [-0.15, -0.1) is 0 Å². The van der Waals surface area contributed by atoms with Crippen LogP contribution in [0.4, 0.5) is 0 Å². The maximum atomic E-state index is 3.42. The summed E-state index contributed by atoms with van der Waals surface area (Å²) in [6, 6.07) is 0. The summed E-state index contributed by atoms with van der Waals surface area (Å²) in [7, 11) is 0. The summed E-state index contributed by atoms with van der Waals surface area (Å²) in [5, 5.41) is 3.42. The number of piperidine rings is 1. The van der Waals surface area contributed by atoms with Crippen molar-refractivity contribution in [2.75, 3.05) is 13.1 Å². The first-order valence-electron chi connectivity index (χ1n) is 4.52. The Morgan fingerprint density at radius 1 is 1.09 bits per heavy atom. The average Bonchev–Trinajstić information content (AvgIpc) is 2.58. The van der Waals surface area contributed by atoms with E-state index >= 15 is 0 Å². The zero-order valence-corrected chi connectivity index (χ0v) is 10.1. The molecule has 11 heavy (non-hydrogen) atoms. The molecule has 0 atom stereocenters. The third kappa shape index (κ3) is 1.91. The van der Waals surface area contributed by atoms with Gasteiger partial charge in [-0.3, -0.25) is 0 Å². The molecule has 1 fully saturated rings. The van der Waals surface area contributed by atoms with Crippen LogP contribution < -0.4 is 5.32 Å². The van der Waals surface area contributed by atoms with E-state index in [-0.39, 0.29) is 0 Å². The standard InChI is InChI=1S/C5H10N.C4H4.In/c1-2-4-6-5-3-1;1-3-4-2;/h1,6H,2-5H2;1-4H;. The predicted molar refractivity (Wildman–Crippen MR) is 49.9 cm³/mol. The fourth-order valence-electron chi connectivity index (χ4n) is 1.99. The SMILES string of the molecule is C1=[CH][In]([CH]2CCNCC2)[CH]=C1. The van der Waals surface area contributed by atoms with Crippen LogP contribution in [0.5, 0.6) is 0 Å². The van der Waals surface area contributed by atoms with Gasteiger partial charge in [0.2, 0.25) is 0 Å². The number of allylic oxidation sites excluding steroid dienone is 2. The van der Waals surface area contributed by atoms with Crippen LogP contribution in [0.1, 0.15) is 12.8 Å². The summed E-state index contributed by atoms with van der Waals surface area (Å²) in [4.78, 5) is 0. The van der Waals surface area contributed by atoms with Crippen molar-refractivity contribution in [3.63, 3.8) is 0 Å². The zero-order valence-electron chi connectivity index (χ0n) is 6.79. The van der Waals surface area contributed by atoms with Crippen LogP contribution in [-0.2, 0) is 0 Å². The Bertz CT molecular complexity index is 168. The molecule has 1 N–H and O–H groups in total. The van der Waals surface area contributed by atoms with Gasteiger partial charge in [-0.2, -0.15) is 0 Å². The van der Waals surface area contributed by atoms with Gasteiger partial charge in [0.05, 0.1) is 0 Å². The predicted octanol–water partition coefficient (Wildman–Crippen LogP) is 1.44. The Morgan fingerprint density at radius 3 is 2.36 bits per heavy atom. The molecule has 0 bridgehead atoms. The zero-order chi connectivity index (χ0) is 7.52. The second-order valence-electron chi connectivity index (χ2n) is 3.43. The van der Waals surface area contributed by atoms with Crippen molar-refractivity contribution in [3.05, 3.63) is 19.8 Å². The summed E-state index contributed by atoms with van der Waals surface area (Å²) in [5.74, 6) is 0. The molecule has 0 aromatic rings. The number of hydrogen-bond acceptors (Lipinski definition) is 1. The minimum atomic E-state index is -1.23. The van der Waals surface area contributed by atoms with Gasteiger partial charge in [0.15, 0.2) is 0 Å². The molecule has 2 heterocycles. The van der Waals surface area contributed by atoms with E-state index in [0.717, 1.165) is 3.67 Å². The van der Waals surface area contributed by atoms with Gasteiger partial charge in [-0.05, 0) is 0 Å². The summed E-state index contributed by atoms with van der Waals surface area (Å²) in [5.41, 5.74) is 0. The topological polar surface area (TPSA) is 12.0 Å². The van der Waals surface area contributed by atoms with E-state index in [9.17, 15) is 0 Å². The summed E-state index contributed by atoms with van der Waals surface area (Å²) in [6.45, 7) is 2.53. The molecule has 58 valence electrons. The van der Waals surface area contributed by atoms with Crippen molar-refractivity contribution in [1.82, 2.24) is 5.32 Å². The summed E-state index contributed by atoms with van der Waals surface area (Å²) >= 11 is -1.23. The number of rotatable bonds is 1. The Hall–Kier alpha value is 0.310. The molecule has 0 saturated carbocycles. The van der Waals surface area contributed by atoms with E-state index in [1.807, 2.05) is 0 Å². The normalized spacial score (nSPS) is 24.9. The van der Waals surface area contributed by atoms with E-state index < -0.39 is 21.4 Å². The molecule has 0 radical (unpaired) electrons. The van der Waals surface area contributed by atoms with Crippen LogP contribution in [0.3, 0.4) is 0 Å². The first kappa shape index (κ1) is 7.93. The van der Waals surface area contributed by atoms with E-state index in [1.54, 1.807) is 0 Å². The van der Waals surface area contributed by atoms with Gasteiger partial charge in [0, 0.05) is 0 Å². The monoisotopic (exact) mass is 251 g/mol. The van der Waals surface area contributed by atoms with Gasteiger partial charge < -0.3 is 0 Å². The first-order valence-corrected chi connectivity index (χ1v) is 10.2. The fraction of sp³-hybridized carbons (Fsp3) is 0.556. The molecule has 0 amide bonds. The van der Waals surface area contributed by atoms with E-state index in [4.69, 9.17) is 0 Å². The van der Waals surface area contributed by atoms with Gasteiger partial charge in [0.25, 0.3) is 0 Å². The van der Waals surface area contributed by atoms with Crippen LogP contribution in [0.25, 0.3) is 0 Å². The van der Waals surface area contributed by atoms with Crippen LogP contribution in [0, 0.1) is 0 Å². The number of hydrogen-bond donors (Lipinski definition) is 1. The molecular weight excluding hydrogens is 237 g/mol. The second-order valence-corrected chi connectivity index (χ2v) is 11.6. The Balaban J connectivity index is 1.92. The van der Waals surface area contributed by atoms with E-state index in [1.165, 1.54) is 25.9 Å². The molecule has 1 nitrogen and oxygen atoms in total. The Labute approximate surface area is 76.1 Å². The molecule has 2 aliphatic rings. The molecule has 2 rings (SSSR count). The quantitative estimate of drug-likeness (QED) is 0.743. The third-order valence-corrected chi connectivity index (χ3v) is 11.5. The van der Waals surface area contributed by atoms with Crippen LogP contribution in [0.15, 0.2) is 19.8 Å². The van der Waals surface area contributed by atoms with Crippen molar-refractivity contribution in [2.45, 2.75) is 16.5 Å². The van der Waals surface area contributed by atoms with Gasteiger partial charge >= 0.3 is 76.2 Å². The van der Waals surface area contributed by atoms with Crippen molar-refractivity contribution in [2.24, 2.45) is 0 Å². The molecule has 2 aliphatic heterocycles. The van der Waals surface area contributed by atoms with Crippen molar-refractivity contribution in [1.29, 1.82) is 0 Å². The van der Waals surface area contributed by atoms with Crippen LogP contribution in [-0.4, -0.2) is 34.5 Å². The second kappa shape index (κ2) is 3.81. The molecule has 2 heteroatoms. The van der Waals surface area contributed by atoms with E-state index in [0.29, 0.717) is 0 Å². The fourth-order valence-corrected chi connectivity index (χ4v) is 9.50. The minimum absolute atomic E-state index is 1.12. The average molecular weight is 251 g/mol. The van der Waals surface area contributed by atoms with Crippen molar-refractivity contribution >= 4 is 21.4 Å².